The summed E-state index contributed by atoms with van der Waals surface area (Å²) >= 11 is 0. The molecule has 142 valence electrons. The first-order valence-corrected chi connectivity index (χ1v) is 9.18. The Bertz CT molecular complexity index is 885. The molecule has 7 heteroatoms. The first-order valence-electron chi connectivity index (χ1n) is 9.18. The molecule has 2 aliphatic rings. The summed E-state index contributed by atoms with van der Waals surface area (Å²) in [5.74, 6) is 1.82. The number of ketones is 2. The van der Waals surface area contributed by atoms with Crippen LogP contribution in [0.4, 0.5) is 0 Å². The molecule has 2 saturated carbocycles. The maximum Gasteiger partial charge on any atom is 0.233 e. The number of aromatic nitrogens is 2. The summed E-state index contributed by atoms with van der Waals surface area (Å²) in [5.41, 5.74) is 0.599. The van der Waals surface area contributed by atoms with E-state index in [1.54, 1.807) is 32.5 Å². The Morgan fingerprint density at radius 1 is 0.963 bits per heavy atom. The van der Waals surface area contributed by atoms with Crippen molar-refractivity contribution in [2.75, 3.05) is 14.2 Å². The standard InChI is InChI=1S/C20H22N2O5/c1-25-15-9-13-14(10-16(15)26-2)22-19(11-21-13)27-12-5-7-20(8-6-12)17(23)3-4-18(20)24/h9-12H,3-8H2,1-2H3. The third-order valence-electron chi connectivity index (χ3n) is 5.75. The van der Waals surface area contributed by atoms with Crippen molar-refractivity contribution in [3.63, 3.8) is 0 Å². The molecule has 27 heavy (non-hydrogen) atoms. The zero-order chi connectivity index (χ0) is 19.0. The van der Waals surface area contributed by atoms with Crippen molar-refractivity contribution in [2.24, 2.45) is 5.41 Å². The van der Waals surface area contributed by atoms with E-state index in [-0.39, 0.29) is 17.7 Å². The summed E-state index contributed by atoms with van der Waals surface area (Å²) < 4.78 is 16.6. The zero-order valence-electron chi connectivity index (χ0n) is 15.5. The Hall–Kier alpha value is -2.70. The Morgan fingerprint density at radius 3 is 2.15 bits per heavy atom. The van der Waals surface area contributed by atoms with Gasteiger partial charge in [0.05, 0.1) is 36.9 Å². The van der Waals surface area contributed by atoms with E-state index in [4.69, 9.17) is 14.2 Å². The smallest absolute Gasteiger partial charge is 0.233 e. The third kappa shape index (κ3) is 3.01. The van der Waals surface area contributed by atoms with Crippen LogP contribution in [0.1, 0.15) is 38.5 Å². The van der Waals surface area contributed by atoms with E-state index in [9.17, 15) is 9.59 Å². The van der Waals surface area contributed by atoms with Crippen molar-refractivity contribution in [3.8, 4) is 17.4 Å². The second kappa shape index (κ2) is 6.79. The van der Waals surface area contributed by atoms with Gasteiger partial charge in [-0.15, -0.1) is 0 Å². The zero-order valence-corrected chi connectivity index (χ0v) is 15.5. The van der Waals surface area contributed by atoms with Gasteiger partial charge in [0.15, 0.2) is 11.5 Å². The molecule has 0 amide bonds. The van der Waals surface area contributed by atoms with Gasteiger partial charge in [-0.2, -0.15) is 0 Å². The number of carbonyl (C=O) groups is 2. The molecule has 0 radical (unpaired) electrons. The minimum atomic E-state index is -0.737. The molecule has 0 atom stereocenters. The maximum absolute atomic E-state index is 12.2. The highest BCUT2D eigenvalue weighted by Crippen LogP contribution is 2.44. The minimum absolute atomic E-state index is 0.0660. The lowest BCUT2D eigenvalue weighted by Crippen LogP contribution is -2.39. The highest BCUT2D eigenvalue weighted by molar-refractivity contribution is 6.12. The molecule has 0 aliphatic heterocycles. The first-order chi connectivity index (χ1) is 13.1. The molecule has 0 bridgehead atoms. The highest BCUT2D eigenvalue weighted by Gasteiger charge is 2.51. The Balaban J connectivity index is 1.49. The lowest BCUT2D eigenvalue weighted by Gasteiger charge is -2.34. The Labute approximate surface area is 157 Å². The molecular weight excluding hydrogens is 348 g/mol. The highest BCUT2D eigenvalue weighted by atomic mass is 16.5. The largest absolute Gasteiger partial charge is 0.493 e. The SMILES string of the molecule is COc1cc2ncc(OC3CCC4(CC3)C(=O)CCC4=O)nc2cc1OC. The fraction of sp³-hybridized carbons (Fsp3) is 0.500. The Morgan fingerprint density at radius 2 is 1.56 bits per heavy atom. The van der Waals surface area contributed by atoms with Crippen LogP contribution in [0.3, 0.4) is 0 Å². The molecule has 1 heterocycles. The van der Waals surface area contributed by atoms with Gasteiger partial charge < -0.3 is 14.2 Å². The number of hydrogen-bond acceptors (Lipinski definition) is 7. The van der Waals surface area contributed by atoms with Crippen LogP contribution in [0.2, 0.25) is 0 Å². The summed E-state index contributed by atoms with van der Waals surface area (Å²) in [7, 11) is 3.14. The number of carbonyl (C=O) groups excluding carboxylic acids is 2. The first kappa shape index (κ1) is 17.7. The molecule has 7 nitrogen and oxygen atoms in total. The van der Waals surface area contributed by atoms with Crippen molar-refractivity contribution in [2.45, 2.75) is 44.6 Å². The van der Waals surface area contributed by atoms with E-state index in [1.807, 2.05) is 0 Å². The van der Waals surface area contributed by atoms with Gasteiger partial charge in [0.25, 0.3) is 0 Å². The molecule has 0 N–H and O–H groups in total. The molecule has 2 fully saturated rings. The average molecular weight is 370 g/mol. The van der Waals surface area contributed by atoms with E-state index in [0.29, 0.717) is 66.9 Å². The monoisotopic (exact) mass is 370 g/mol. The molecular formula is C20H22N2O5. The summed E-state index contributed by atoms with van der Waals surface area (Å²) in [6, 6.07) is 3.53. The van der Waals surface area contributed by atoms with Crippen LogP contribution in [0.5, 0.6) is 17.4 Å². The van der Waals surface area contributed by atoms with Crippen LogP contribution in [0, 0.1) is 5.41 Å². The third-order valence-corrected chi connectivity index (χ3v) is 5.75. The van der Waals surface area contributed by atoms with Gasteiger partial charge in [-0.3, -0.25) is 9.59 Å². The van der Waals surface area contributed by atoms with Gasteiger partial charge >= 0.3 is 0 Å². The molecule has 0 unspecified atom stereocenters. The van der Waals surface area contributed by atoms with Crippen molar-refractivity contribution in [1.29, 1.82) is 0 Å². The van der Waals surface area contributed by atoms with E-state index >= 15 is 0 Å². The number of benzene rings is 1. The Kier molecular flexibility index (Phi) is 4.45. The van der Waals surface area contributed by atoms with Crippen LogP contribution in [0.15, 0.2) is 18.3 Å². The second-order valence-corrected chi connectivity index (χ2v) is 7.15. The average Bonchev–Trinajstić information content (AvgIpc) is 2.96. The topological polar surface area (TPSA) is 87.6 Å². The predicted molar refractivity (Wildman–Crippen MR) is 97.2 cm³/mol. The predicted octanol–water partition coefficient (Wildman–Crippen LogP) is 2.89. The van der Waals surface area contributed by atoms with Gasteiger partial charge in [0.1, 0.15) is 17.7 Å². The number of nitrogens with zero attached hydrogens (tertiary/aromatic N) is 2. The summed E-state index contributed by atoms with van der Waals surface area (Å²) in [5, 5.41) is 0. The molecule has 1 aromatic heterocycles. The van der Waals surface area contributed by atoms with Gasteiger partial charge in [0.2, 0.25) is 5.88 Å². The van der Waals surface area contributed by atoms with E-state index in [2.05, 4.69) is 9.97 Å². The summed E-state index contributed by atoms with van der Waals surface area (Å²) in [4.78, 5) is 33.3. The molecule has 2 aromatic rings. The number of Topliss-reactive ketones (excluding diaryl/α,β-unsaturated/α-hetero) is 2. The normalized spacial score (nSPS) is 19.6. The molecule has 0 saturated heterocycles. The van der Waals surface area contributed by atoms with Crippen LogP contribution in [-0.2, 0) is 9.59 Å². The van der Waals surface area contributed by atoms with Crippen LogP contribution in [0.25, 0.3) is 11.0 Å². The molecule has 4 rings (SSSR count). The fourth-order valence-corrected chi connectivity index (χ4v) is 4.17. The maximum atomic E-state index is 12.2. The summed E-state index contributed by atoms with van der Waals surface area (Å²) in [6.45, 7) is 0. The molecule has 1 aromatic carbocycles. The lowest BCUT2D eigenvalue weighted by atomic mass is 9.71. The minimum Gasteiger partial charge on any atom is -0.493 e. The van der Waals surface area contributed by atoms with Crippen LogP contribution < -0.4 is 14.2 Å². The van der Waals surface area contributed by atoms with Gasteiger partial charge in [-0.05, 0) is 25.7 Å². The van der Waals surface area contributed by atoms with Gasteiger partial charge in [-0.25, -0.2) is 9.97 Å². The second-order valence-electron chi connectivity index (χ2n) is 7.15. The van der Waals surface area contributed by atoms with E-state index < -0.39 is 5.41 Å². The van der Waals surface area contributed by atoms with Crippen molar-refractivity contribution in [1.82, 2.24) is 9.97 Å². The number of ether oxygens (including phenoxy) is 3. The van der Waals surface area contributed by atoms with Gasteiger partial charge in [0, 0.05) is 25.0 Å². The summed E-state index contributed by atoms with van der Waals surface area (Å²) in [6.07, 6.45) is 4.79. The number of rotatable bonds is 4. The van der Waals surface area contributed by atoms with E-state index in [1.165, 1.54) is 0 Å². The van der Waals surface area contributed by atoms with Crippen LogP contribution in [-0.4, -0.2) is 41.9 Å². The number of hydrogen-bond donors (Lipinski definition) is 0. The fourth-order valence-electron chi connectivity index (χ4n) is 4.17. The van der Waals surface area contributed by atoms with Crippen molar-refractivity contribution >= 4 is 22.6 Å². The molecule has 1 spiro atoms. The van der Waals surface area contributed by atoms with E-state index in [0.717, 1.165) is 0 Å². The van der Waals surface area contributed by atoms with Crippen molar-refractivity contribution < 1.29 is 23.8 Å². The van der Waals surface area contributed by atoms with Crippen molar-refractivity contribution in [3.05, 3.63) is 18.3 Å². The molecule has 2 aliphatic carbocycles. The lowest BCUT2D eigenvalue weighted by molar-refractivity contribution is -0.138. The van der Waals surface area contributed by atoms with Crippen LogP contribution >= 0.6 is 0 Å². The number of methoxy groups -OCH3 is 2. The quantitative estimate of drug-likeness (QED) is 0.765. The van der Waals surface area contributed by atoms with Gasteiger partial charge in [-0.1, -0.05) is 0 Å². The number of fused-ring (bicyclic) bond motifs is 1.